The number of alkyl halides is 3. The summed E-state index contributed by atoms with van der Waals surface area (Å²) >= 11 is 0. The molecule has 2 aliphatic carbocycles. The van der Waals surface area contributed by atoms with E-state index in [9.17, 15) is 26.7 Å². The molecule has 0 heterocycles. The van der Waals surface area contributed by atoms with Gasteiger partial charge >= 0.3 is 6.36 Å². The van der Waals surface area contributed by atoms with E-state index in [0.29, 0.717) is 6.42 Å². The van der Waals surface area contributed by atoms with Crippen molar-refractivity contribution in [3.63, 3.8) is 0 Å². The van der Waals surface area contributed by atoms with Crippen LogP contribution in [0.1, 0.15) is 47.4 Å². The highest BCUT2D eigenvalue weighted by Crippen LogP contribution is 2.45. The minimum atomic E-state index is -4.87. The minimum Gasteiger partial charge on any atom is -0.406 e. The van der Waals surface area contributed by atoms with Crippen LogP contribution in [0.15, 0.2) is 77.7 Å². The summed E-state index contributed by atoms with van der Waals surface area (Å²) in [5, 5.41) is 11.5. The van der Waals surface area contributed by atoms with Crippen molar-refractivity contribution in [3.8, 4) is 5.75 Å². The van der Waals surface area contributed by atoms with Gasteiger partial charge in [0.1, 0.15) is 5.75 Å². The van der Waals surface area contributed by atoms with Gasteiger partial charge in [0.15, 0.2) is 0 Å². The molecule has 0 saturated heterocycles. The first-order valence-corrected chi connectivity index (χ1v) is 13.8. The lowest BCUT2D eigenvalue weighted by Crippen LogP contribution is -2.50. The van der Waals surface area contributed by atoms with Crippen molar-refractivity contribution < 1.29 is 31.4 Å². The van der Waals surface area contributed by atoms with Gasteiger partial charge in [0.05, 0.1) is 11.0 Å². The van der Waals surface area contributed by atoms with Crippen molar-refractivity contribution in [2.75, 3.05) is 0 Å². The molecule has 1 saturated carbocycles. The molecule has 3 aromatic carbocycles. The van der Waals surface area contributed by atoms with E-state index in [1.807, 2.05) is 24.3 Å². The SMILES string of the molecule is O=S(=O)(NC1CCCC(C2c3ccccc3CCc3ccccc32)C1O)c1ccc(OC(F)(F)F)cc1. The number of nitrogens with one attached hydrogen (secondary N) is 1. The van der Waals surface area contributed by atoms with Crippen molar-refractivity contribution in [1.82, 2.24) is 4.72 Å². The Kier molecular flexibility index (Phi) is 7.04. The topological polar surface area (TPSA) is 75.6 Å². The van der Waals surface area contributed by atoms with Gasteiger partial charge in [0.2, 0.25) is 10.0 Å². The Morgan fingerprint density at radius 1 is 0.838 bits per heavy atom. The van der Waals surface area contributed by atoms with Crippen molar-refractivity contribution in [1.29, 1.82) is 0 Å². The summed E-state index contributed by atoms with van der Waals surface area (Å²) in [4.78, 5) is -0.193. The van der Waals surface area contributed by atoms with Crippen LogP contribution in [-0.2, 0) is 22.9 Å². The zero-order valence-electron chi connectivity index (χ0n) is 20.0. The maximum absolute atomic E-state index is 13.1. The Hall–Kier alpha value is -2.88. The molecule has 9 heteroatoms. The lowest BCUT2D eigenvalue weighted by atomic mass is 9.70. The van der Waals surface area contributed by atoms with Crippen LogP contribution in [0.5, 0.6) is 5.75 Å². The van der Waals surface area contributed by atoms with Gasteiger partial charge in [-0.15, -0.1) is 13.2 Å². The molecular formula is C28H28F3NO4S. The number of rotatable bonds is 5. The number of aliphatic hydroxyl groups excluding tert-OH is 1. The van der Waals surface area contributed by atoms with Crippen molar-refractivity contribution in [2.24, 2.45) is 5.92 Å². The van der Waals surface area contributed by atoms with Crippen molar-refractivity contribution >= 4 is 10.0 Å². The summed E-state index contributed by atoms with van der Waals surface area (Å²) in [6, 6.07) is 19.8. The normalized spacial score (nSPS) is 22.5. The number of benzene rings is 3. The molecule has 3 aromatic rings. The molecule has 0 spiro atoms. The predicted octanol–water partition coefficient (Wildman–Crippen LogP) is 5.32. The first-order valence-electron chi connectivity index (χ1n) is 12.3. The van der Waals surface area contributed by atoms with Crippen LogP contribution in [0.3, 0.4) is 0 Å². The average Bonchev–Trinajstić information content (AvgIpc) is 3.02. The standard InChI is InChI=1S/C28H28F3NO4S/c29-28(30,31)36-20-14-16-21(17-15-20)37(34,35)32-25-11-5-10-24(27(25)33)26-22-8-3-1-6-18(22)12-13-19-7-2-4-9-23(19)26/h1-4,6-9,14-17,24-27,32-33H,5,10-13H2. The number of ether oxygens (including phenoxy) is 1. The third-order valence-corrected chi connectivity index (χ3v) is 8.96. The number of fused-ring (bicyclic) bond motifs is 2. The van der Waals surface area contributed by atoms with E-state index in [1.165, 1.54) is 22.3 Å². The quantitative estimate of drug-likeness (QED) is 0.467. The first kappa shape index (κ1) is 25.8. The average molecular weight is 532 g/mol. The molecule has 3 unspecified atom stereocenters. The summed E-state index contributed by atoms with van der Waals surface area (Å²) in [7, 11) is -4.08. The highest BCUT2D eigenvalue weighted by molar-refractivity contribution is 7.89. The lowest BCUT2D eigenvalue weighted by Gasteiger charge is -2.40. The molecule has 0 radical (unpaired) electrons. The van der Waals surface area contributed by atoms with Gasteiger partial charge in [0.25, 0.3) is 0 Å². The van der Waals surface area contributed by atoms with Crippen LogP contribution in [0, 0.1) is 5.92 Å². The molecule has 0 aromatic heterocycles. The Bertz CT molecular complexity index is 1310. The zero-order valence-corrected chi connectivity index (χ0v) is 20.8. The van der Waals surface area contributed by atoms with E-state index in [4.69, 9.17) is 0 Å². The van der Waals surface area contributed by atoms with Crippen LogP contribution in [0.2, 0.25) is 0 Å². The Morgan fingerprint density at radius 3 is 1.97 bits per heavy atom. The zero-order chi connectivity index (χ0) is 26.2. The molecule has 1 fully saturated rings. The smallest absolute Gasteiger partial charge is 0.406 e. The first-order chi connectivity index (χ1) is 17.6. The monoisotopic (exact) mass is 531 g/mol. The number of sulfonamides is 1. The summed E-state index contributed by atoms with van der Waals surface area (Å²) in [6.45, 7) is 0. The molecule has 5 nitrogen and oxygen atoms in total. The van der Waals surface area contributed by atoms with Crippen LogP contribution in [-0.4, -0.2) is 32.0 Å². The molecule has 3 atom stereocenters. The Balaban J connectivity index is 1.41. The lowest BCUT2D eigenvalue weighted by molar-refractivity contribution is -0.274. The Morgan fingerprint density at radius 2 is 1.41 bits per heavy atom. The molecule has 0 aliphatic heterocycles. The molecule has 37 heavy (non-hydrogen) atoms. The molecule has 196 valence electrons. The van der Waals surface area contributed by atoms with Crippen molar-refractivity contribution in [2.45, 2.75) is 61.4 Å². The molecule has 0 bridgehead atoms. The van der Waals surface area contributed by atoms with Crippen LogP contribution in [0.25, 0.3) is 0 Å². The molecular weight excluding hydrogens is 503 g/mol. The highest BCUT2D eigenvalue weighted by Gasteiger charge is 2.41. The van der Waals surface area contributed by atoms with Gasteiger partial charge in [-0.1, -0.05) is 55.0 Å². The molecule has 2 aliphatic rings. The van der Waals surface area contributed by atoms with Crippen LogP contribution < -0.4 is 9.46 Å². The van der Waals surface area contributed by atoms with Gasteiger partial charge in [-0.25, -0.2) is 13.1 Å². The predicted molar refractivity (Wildman–Crippen MR) is 133 cm³/mol. The number of hydrogen-bond donors (Lipinski definition) is 2. The minimum absolute atomic E-state index is 0.0731. The van der Waals surface area contributed by atoms with E-state index in [-0.39, 0.29) is 16.7 Å². The van der Waals surface area contributed by atoms with E-state index >= 15 is 0 Å². The highest BCUT2D eigenvalue weighted by atomic mass is 32.2. The third kappa shape index (κ3) is 5.54. The van der Waals surface area contributed by atoms with Gasteiger partial charge in [-0.05, 0) is 78.1 Å². The summed E-state index contributed by atoms with van der Waals surface area (Å²) < 4.78 is 70.0. The van der Waals surface area contributed by atoms with E-state index in [0.717, 1.165) is 49.9 Å². The second-order valence-electron chi connectivity index (χ2n) is 9.71. The summed E-state index contributed by atoms with van der Waals surface area (Å²) in [5.74, 6) is -0.782. The fraction of sp³-hybridized carbons (Fsp3) is 0.357. The molecule has 5 rings (SSSR count). The fourth-order valence-corrected chi connectivity index (χ4v) is 7.11. The number of halogens is 3. The maximum atomic E-state index is 13.1. The maximum Gasteiger partial charge on any atom is 0.573 e. The largest absolute Gasteiger partial charge is 0.573 e. The van der Waals surface area contributed by atoms with Crippen molar-refractivity contribution in [3.05, 3.63) is 95.1 Å². The van der Waals surface area contributed by atoms with Crippen LogP contribution in [0.4, 0.5) is 13.2 Å². The number of aryl methyl sites for hydroxylation is 2. The van der Waals surface area contributed by atoms with Crippen LogP contribution >= 0.6 is 0 Å². The van der Waals surface area contributed by atoms with Gasteiger partial charge < -0.3 is 9.84 Å². The summed E-state index contributed by atoms with van der Waals surface area (Å²) in [5.41, 5.74) is 4.81. The number of hydrogen-bond acceptors (Lipinski definition) is 4. The van der Waals surface area contributed by atoms with Gasteiger partial charge in [-0.2, -0.15) is 0 Å². The third-order valence-electron chi connectivity index (χ3n) is 7.45. The fourth-order valence-electron chi connectivity index (χ4n) is 5.82. The molecule has 2 N–H and O–H groups in total. The van der Waals surface area contributed by atoms with E-state index in [2.05, 4.69) is 33.7 Å². The van der Waals surface area contributed by atoms with E-state index < -0.39 is 34.3 Å². The van der Waals surface area contributed by atoms with Gasteiger partial charge in [-0.3, -0.25) is 0 Å². The second kappa shape index (κ2) is 10.1. The Labute approximate surface area is 214 Å². The summed E-state index contributed by atoms with van der Waals surface area (Å²) in [6.07, 6.45) is -2.07. The van der Waals surface area contributed by atoms with Gasteiger partial charge in [0, 0.05) is 12.0 Å². The second-order valence-corrected chi connectivity index (χ2v) is 11.4. The molecule has 0 amide bonds. The number of aliphatic hydroxyl groups is 1. The van der Waals surface area contributed by atoms with E-state index in [1.54, 1.807) is 0 Å².